The fraction of sp³-hybridized carbons (Fsp3) is 0.0800. The lowest BCUT2D eigenvalue weighted by Crippen LogP contribution is -2.01. The minimum atomic E-state index is -0.500. The van der Waals surface area contributed by atoms with Crippen LogP contribution in [0.25, 0.3) is 10.9 Å². The van der Waals surface area contributed by atoms with Crippen LogP contribution >= 0.6 is 23.4 Å². The van der Waals surface area contributed by atoms with Gasteiger partial charge in [-0.25, -0.2) is 9.78 Å². The van der Waals surface area contributed by atoms with E-state index < -0.39 is 5.97 Å². The number of benzene rings is 3. The number of rotatable bonds is 6. The minimum Gasteiger partial charge on any atom is -0.313 e. The monoisotopic (exact) mass is 446 g/mol. The summed E-state index contributed by atoms with van der Waals surface area (Å²) in [6.07, 6.45) is 1.54. The first-order valence-corrected chi connectivity index (χ1v) is 11.0. The Kier molecular flexibility index (Phi) is 6.65. The number of oxime groups is 1. The average Bonchev–Trinajstić information content (AvgIpc) is 2.79. The van der Waals surface area contributed by atoms with E-state index in [1.807, 2.05) is 73.7 Å². The van der Waals surface area contributed by atoms with Crippen LogP contribution in [0.3, 0.4) is 0 Å². The Morgan fingerprint density at radius 2 is 1.81 bits per heavy atom. The Hall–Kier alpha value is -3.15. The smallest absolute Gasteiger partial charge is 0.313 e. The number of carbonyl (C=O) groups excluding carboxylic acids is 1. The predicted octanol–water partition coefficient (Wildman–Crippen LogP) is 6.68. The number of aryl methyl sites for hydroxylation is 1. The van der Waals surface area contributed by atoms with Gasteiger partial charge in [0.1, 0.15) is 5.03 Å². The number of aromatic nitrogens is 1. The highest BCUT2D eigenvalue weighted by molar-refractivity contribution is 7.98. The van der Waals surface area contributed by atoms with Crippen LogP contribution in [-0.4, -0.2) is 17.2 Å². The third kappa shape index (κ3) is 5.51. The lowest BCUT2D eigenvalue weighted by Gasteiger charge is -2.08. The number of fused-ring (bicyclic) bond motifs is 1. The highest BCUT2D eigenvalue weighted by Crippen LogP contribution is 2.27. The molecule has 0 atom stereocenters. The van der Waals surface area contributed by atoms with Gasteiger partial charge in [0.25, 0.3) is 0 Å². The largest absolute Gasteiger partial charge is 0.365 e. The van der Waals surface area contributed by atoms with Crippen LogP contribution in [0, 0.1) is 6.92 Å². The van der Waals surface area contributed by atoms with Gasteiger partial charge in [-0.05, 0) is 48.9 Å². The number of hydrogen-bond donors (Lipinski definition) is 0. The third-order valence-electron chi connectivity index (χ3n) is 4.62. The Balaban J connectivity index is 1.55. The molecule has 0 unspecified atom stereocenters. The first kappa shape index (κ1) is 21.1. The molecule has 0 saturated heterocycles. The molecule has 0 fully saturated rings. The van der Waals surface area contributed by atoms with Crippen molar-refractivity contribution in [1.82, 2.24) is 4.98 Å². The number of pyridine rings is 1. The molecule has 0 N–H and O–H groups in total. The molecule has 0 amide bonds. The maximum Gasteiger partial charge on any atom is 0.365 e. The zero-order valence-electron chi connectivity index (χ0n) is 16.8. The lowest BCUT2D eigenvalue weighted by molar-refractivity contribution is 0.0519. The molecule has 1 heterocycles. The van der Waals surface area contributed by atoms with Crippen molar-refractivity contribution in [1.29, 1.82) is 0 Å². The van der Waals surface area contributed by atoms with Gasteiger partial charge in [0.05, 0.1) is 17.3 Å². The van der Waals surface area contributed by atoms with Crippen molar-refractivity contribution in [3.8, 4) is 0 Å². The summed E-state index contributed by atoms with van der Waals surface area (Å²) in [6, 6.07) is 24.8. The van der Waals surface area contributed by atoms with Gasteiger partial charge >= 0.3 is 5.97 Å². The van der Waals surface area contributed by atoms with Crippen molar-refractivity contribution in [2.45, 2.75) is 17.7 Å². The summed E-state index contributed by atoms with van der Waals surface area (Å²) in [5.41, 5.74) is 4.35. The SMILES string of the molecule is Cc1ccc(C(=O)ON=Cc2cc3ccccc3nc2SCc2ccc(Cl)cc2)cc1. The van der Waals surface area contributed by atoms with Crippen molar-refractivity contribution in [3.05, 3.63) is 106 Å². The van der Waals surface area contributed by atoms with Gasteiger partial charge in [-0.1, -0.05) is 64.8 Å². The van der Waals surface area contributed by atoms with Crippen LogP contribution in [0.1, 0.15) is 27.0 Å². The number of carbonyl (C=O) groups is 1. The van der Waals surface area contributed by atoms with E-state index >= 15 is 0 Å². The third-order valence-corrected chi connectivity index (χ3v) is 5.95. The van der Waals surface area contributed by atoms with Gasteiger partial charge in [0.2, 0.25) is 0 Å². The van der Waals surface area contributed by atoms with Gasteiger partial charge < -0.3 is 4.84 Å². The number of para-hydroxylation sites is 1. The topological polar surface area (TPSA) is 51.5 Å². The molecule has 3 aromatic carbocycles. The van der Waals surface area contributed by atoms with Crippen molar-refractivity contribution < 1.29 is 9.63 Å². The second-order valence-corrected chi connectivity index (χ2v) is 8.37. The van der Waals surface area contributed by atoms with Crippen LogP contribution in [0.2, 0.25) is 5.02 Å². The Morgan fingerprint density at radius 1 is 1.06 bits per heavy atom. The molecule has 0 spiro atoms. The molecule has 0 aliphatic heterocycles. The fourth-order valence-electron chi connectivity index (χ4n) is 2.93. The molecule has 0 aliphatic rings. The maximum absolute atomic E-state index is 12.2. The van der Waals surface area contributed by atoms with E-state index in [4.69, 9.17) is 21.4 Å². The van der Waals surface area contributed by atoms with Crippen molar-refractivity contribution in [2.24, 2.45) is 5.16 Å². The first-order chi connectivity index (χ1) is 15.1. The molecular weight excluding hydrogens is 428 g/mol. The molecule has 0 radical (unpaired) electrons. The van der Waals surface area contributed by atoms with E-state index in [2.05, 4.69) is 5.16 Å². The Morgan fingerprint density at radius 3 is 2.58 bits per heavy atom. The van der Waals surface area contributed by atoms with E-state index in [0.29, 0.717) is 10.6 Å². The number of halogens is 1. The number of thioether (sulfide) groups is 1. The molecule has 4 nitrogen and oxygen atoms in total. The van der Waals surface area contributed by atoms with Crippen LogP contribution in [0.5, 0.6) is 0 Å². The van der Waals surface area contributed by atoms with Gasteiger partial charge in [-0.15, -0.1) is 11.8 Å². The van der Waals surface area contributed by atoms with E-state index in [1.54, 1.807) is 23.9 Å². The quantitative estimate of drug-likeness (QED) is 0.143. The highest BCUT2D eigenvalue weighted by Gasteiger charge is 2.09. The summed E-state index contributed by atoms with van der Waals surface area (Å²) in [5.74, 6) is 0.229. The molecule has 154 valence electrons. The van der Waals surface area contributed by atoms with E-state index in [9.17, 15) is 4.79 Å². The zero-order valence-corrected chi connectivity index (χ0v) is 18.4. The predicted molar refractivity (Wildman–Crippen MR) is 127 cm³/mol. The molecule has 0 bridgehead atoms. The van der Waals surface area contributed by atoms with Crippen LogP contribution in [0.15, 0.2) is 89.0 Å². The first-order valence-electron chi connectivity index (χ1n) is 9.67. The van der Waals surface area contributed by atoms with Gasteiger partial charge in [-0.3, -0.25) is 0 Å². The maximum atomic E-state index is 12.2. The van der Waals surface area contributed by atoms with E-state index in [0.717, 1.165) is 38.4 Å². The Labute approximate surface area is 189 Å². The molecule has 1 aromatic heterocycles. The molecule has 4 aromatic rings. The van der Waals surface area contributed by atoms with Crippen molar-refractivity contribution >= 4 is 46.4 Å². The number of hydrogen-bond acceptors (Lipinski definition) is 5. The van der Waals surface area contributed by atoms with Gasteiger partial charge in [-0.2, -0.15) is 0 Å². The van der Waals surface area contributed by atoms with E-state index in [1.165, 1.54) is 6.21 Å². The molecule has 6 heteroatoms. The summed E-state index contributed by atoms with van der Waals surface area (Å²) >= 11 is 7.57. The molecule has 4 rings (SSSR count). The molecule has 31 heavy (non-hydrogen) atoms. The summed E-state index contributed by atoms with van der Waals surface area (Å²) in [7, 11) is 0. The van der Waals surface area contributed by atoms with Crippen molar-refractivity contribution in [3.63, 3.8) is 0 Å². The second-order valence-electron chi connectivity index (χ2n) is 6.97. The van der Waals surface area contributed by atoms with Crippen LogP contribution in [0.4, 0.5) is 0 Å². The van der Waals surface area contributed by atoms with Crippen LogP contribution < -0.4 is 0 Å². The normalized spacial score (nSPS) is 11.2. The van der Waals surface area contributed by atoms with E-state index in [-0.39, 0.29) is 0 Å². The van der Waals surface area contributed by atoms with Crippen LogP contribution in [-0.2, 0) is 10.6 Å². The summed E-state index contributed by atoms with van der Waals surface area (Å²) in [5, 5.41) is 6.44. The summed E-state index contributed by atoms with van der Waals surface area (Å²) in [4.78, 5) is 22.1. The molecule has 0 saturated carbocycles. The molecular formula is C25H19ClN2O2S. The molecule has 0 aliphatic carbocycles. The lowest BCUT2D eigenvalue weighted by atomic mass is 10.2. The highest BCUT2D eigenvalue weighted by atomic mass is 35.5. The summed E-state index contributed by atoms with van der Waals surface area (Å²) < 4.78 is 0. The summed E-state index contributed by atoms with van der Waals surface area (Å²) in [6.45, 7) is 1.96. The van der Waals surface area contributed by atoms with Gasteiger partial charge in [0.15, 0.2) is 0 Å². The average molecular weight is 447 g/mol. The minimum absolute atomic E-state index is 0.455. The van der Waals surface area contributed by atoms with Gasteiger partial charge in [0, 0.05) is 21.7 Å². The van der Waals surface area contributed by atoms with Crippen molar-refractivity contribution in [2.75, 3.05) is 0 Å². The zero-order chi connectivity index (χ0) is 21.6. The second kappa shape index (κ2) is 9.77. The fourth-order valence-corrected chi connectivity index (χ4v) is 3.99. The standard InChI is InChI=1S/C25H19ClN2O2S/c1-17-6-10-19(11-7-17)25(29)30-27-15-21-14-20-4-2-3-5-23(20)28-24(21)31-16-18-8-12-22(26)13-9-18/h2-15H,16H2,1H3. The Bertz CT molecular complexity index is 1240. The number of nitrogens with zero attached hydrogens (tertiary/aromatic N) is 2.